The molecule has 3 aromatic rings. The van der Waals surface area contributed by atoms with Crippen LogP contribution in [0.1, 0.15) is 32.0 Å². The lowest BCUT2D eigenvalue weighted by molar-refractivity contribution is 0.803. The zero-order valence-corrected chi connectivity index (χ0v) is 15.0. The Morgan fingerprint density at radius 1 is 1.08 bits per heavy atom. The number of hydrogen-bond acceptors (Lipinski definition) is 5. The normalized spacial score (nSPS) is 11.7. The molecule has 0 aliphatic rings. The average Bonchev–Trinajstić information content (AvgIpc) is 3.19. The monoisotopic (exact) mass is 334 g/mol. The van der Waals surface area contributed by atoms with Crippen molar-refractivity contribution in [3.05, 3.63) is 72.6 Å². The molecule has 0 N–H and O–H groups in total. The maximum Gasteiger partial charge on any atom is 0.250 e. The Labute approximate surface area is 148 Å². The highest BCUT2D eigenvalue weighted by Crippen LogP contribution is 2.14. The molecule has 6 nitrogen and oxygen atoms in total. The molecule has 6 heteroatoms. The first-order valence-electron chi connectivity index (χ1n) is 8.17. The molecule has 128 valence electrons. The third-order valence-corrected chi connectivity index (χ3v) is 3.30. The van der Waals surface area contributed by atoms with Crippen molar-refractivity contribution in [2.45, 2.75) is 20.8 Å². The molecule has 0 aliphatic carbocycles. The van der Waals surface area contributed by atoms with E-state index in [1.165, 1.54) is 0 Å². The molecule has 3 rings (SSSR count). The van der Waals surface area contributed by atoms with Crippen LogP contribution in [0.2, 0.25) is 0 Å². The molecule has 0 saturated heterocycles. The molecular weight excluding hydrogens is 312 g/mol. The van der Waals surface area contributed by atoms with Gasteiger partial charge in [0, 0.05) is 43.6 Å². The summed E-state index contributed by atoms with van der Waals surface area (Å²) < 4.78 is 1.65. The molecule has 0 radical (unpaired) electrons. The third-order valence-electron chi connectivity index (χ3n) is 3.30. The van der Waals surface area contributed by atoms with Gasteiger partial charge in [-0.1, -0.05) is 13.8 Å². The molecule has 3 heterocycles. The standard InChI is InChI=1S/C17H16N6.C2H6/c1-13(11-16(18-2)14-5-3-7-19-12-14)15-6-10-23(22-15)17-20-8-4-9-21-17;1-2/h3-12H,1-2H3;1-2H3/b13-11+,18-16?;. The summed E-state index contributed by atoms with van der Waals surface area (Å²) >= 11 is 0. The van der Waals surface area contributed by atoms with Crippen molar-refractivity contribution in [2.24, 2.45) is 4.99 Å². The van der Waals surface area contributed by atoms with Crippen molar-refractivity contribution in [3.8, 4) is 5.95 Å². The molecule has 25 heavy (non-hydrogen) atoms. The first-order valence-corrected chi connectivity index (χ1v) is 8.17. The summed E-state index contributed by atoms with van der Waals surface area (Å²) in [6, 6.07) is 7.58. The second-order valence-corrected chi connectivity index (χ2v) is 4.87. The molecule has 0 amide bonds. The summed E-state index contributed by atoms with van der Waals surface area (Å²) in [4.78, 5) is 16.8. The second kappa shape index (κ2) is 9.22. The number of rotatable bonds is 4. The number of aliphatic imine (C=N–C) groups is 1. The Kier molecular flexibility index (Phi) is 6.71. The molecular formula is C19H22N6. The zero-order valence-electron chi connectivity index (χ0n) is 15.0. The number of aromatic nitrogens is 5. The maximum atomic E-state index is 4.51. The quantitative estimate of drug-likeness (QED) is 0.684. The van der Waals surface area contributed by atoms with Crippen LogP contribution in [0.3, 0.4) is 0 Å². The van der Waals surface area contributed by atoms with E-state index in [1.807, 2.05) is 51.2 Å². The van der Waals surface area contributed by atoms with E-state index < -0.39 is 0 Å². The summed E-state index contributed by atoms with van der Waals surface area (Å²) in [5, 5.41) is 4.51. The van der Waals surface area contributed by atoms with Crippen molar-refractivity contribution < 1.29 is 0 Å². The molecule has 3 aromatic heterocycles. The second-order valence-electron chi connectivity index (χ2n) is 4.87. The van der Waals surface area contributed by atoms with Gasteiger partial charge in [0.25, 0.3) is 0 Å². The Balaban J connectivity index is 0.00000109. The highest BCUT2D eigenvalue weighted by Gasteiger charge is 2.06. The van der Waals surface area contributed by atoms with Crippen LogP contribution in [-0.2, 0) is 0 Å². The Hall–Kier alpha value is -3.15. The third kappa shape index (κ3) is 4.67. The summed E-state index contributed by atoms with van der Waals surface area (Å²) in [6.45, 7) is 6.00. The van der Waals surface area contributed by atoms with Gasteiger partial charge in [0.05, 0.1) is 11.4 Å². The van der Waals surface area contributed by atoms with E-state index in [2.05, 4.69) is 25.0 Å². The largest absolute Gasteiger partial charge is 0.288 e. The van der Waals surface area contributed by atoms with Crippen LogP contribution in [0.5, 0.6) is 0 Å². The summed E-state index contributed by atoms with van der Waals surface area (Å²) in [7, 11) is 1.77. The van der Waals surface area contributed by atoms with Crippen molar-refractivity contribution in [2.75, 3.05) is 7.05 Å². The van der Waals surface area contributed by atoms with Crippen LogP contribution in [0, 0.1) is 0 Å². The fourth-order valence-electron chi connectivity index (χ4n) is 2.13. The van der Waals surface area contributed by atoms with Crippen molar-refractivity contribution >= 4 is 11.3 Å². The van der Waals surface area contributed by atoms with Gasteiger partial charge in [-0.2, -0.15) is 5.10 Å². The van der Waals surface area contributed by atoms with E-state index in [4.69, 9.17) is 0 Å². The van der Waals surface area contributed by atoms with Crippen LogP contribution in [0.25, 0.3) is 11.5 Å². The smallest absolute Gasteiger partial charge is 0.250 e. The summed E-state index contributed by atoms with van der Waals surface area (Å²) in [5.74, 6) is 0.545. The van der Waals surface area contributed by atoms with Crippen LogP contribution in [0.15, 0.2) is 66.3 Å². The van der Waals surface area contributed by atoms with Gasteiger partial charge in [0.2, 0.25) is 5.95 Å². The molecule has 0 aliphatic heterocycles. The molecule has 0 saturated carbocycles. The highest BCUT2D eigenvalue weighted by atomic mass is 15.3. The van der Waals surface area contributed by atoms with Gasteiger partial charge in [-0.05, 0) is 42.8 Å². The first-order chi connectivity index (χ1) is 12.3. The fraction of sp³-hybridized carbons (Fsp3) is 0.211. The molecule has 0 bridgehead atoms. The van der Waals surface area contributed by atoms with E-state index in [0.29, 0.717) is 5.95 Å². The lowest BCUT2D eigenvalue weighted by Crippen LogP contribution is -2.02. The van der Waals surface area contributed by atoms with Gasteiger partial charge in [-0.3, -0.25) is 9.98 Å². The SMILES string of the molecule is CC.CN=C(/C=C(\C)c1ccn(-c2ncccn2)n1)c1cccnc1. The van der Waals surface area contributed by atoms with E-state index in [0.717, 1.165) is 22.5 Å². The highest BCUT2D eigenvalue weighted by molar-refractivity contribution is 6.11. The Morgan fingerprint density at radius 2 is 1.84 bits per heavy atom. The fourth-order valence-corrected chi connectivity index (χ4v) is 2.13. The topological polar surface area (TPSA) is 68.8 Å². The number of nitrogens with zero attached hydrogens (tertiary/aromatic N) is 6. The van der Waals surface area contributed by atoms with Gasteiger partial charge in [-0.15, -0.1) is 0 Å². The Bertz CT molecular complexity index is 835. The predicted molar refractivity (Wildman–Crippen MR) is 101 cm³/mol. The molecule has 0 atom stereocenters. The van der Waals surface area contributed by atoms with Gasteiger partial charge < -0.3 is 0 Å². The van der Waals surface area contributed by atoms with Gasteiger partial charge in [0.1, 0.15) is 0 Å². The number of hydrogen-bond donors (Lipinski definition) is 0. The van der Waals surface area contributed by atoms with Crippen molar-refractivity contribution in [1.82, 2.24) is 24.7 Å². The van der Waals surface area contributed by atoms with Gasteiger partial charge in [-0.25, -0.2) is 14.6 Å². The lowest BCUT2D eigenvalue weighted by atomic mass is 10.1. The van der Waals surface area contributed by atoms with Crippen molar-refractivity contribution in [3.63, 3.8) is 0 Å². The first kappa shape index (κ1) is 18.2. The minimum atomic E-state index is 0.545. The van der Waals surface area contributed by atoms with Crippen LogP contribution >= 0.6 is 0 Å². The minimum Gasteiger partial charge on any atom is -0.288 e. The average molecular weight is 334 g/mol. The predicted octanol–water partition coefficient (Wildman–Crippen LogP) is 3.61. The summed E-state index contributed by atoms with van der Waals surface area (Å²) in [6.07, 6.45) is 10.8. The lowest BCUT2D eigenvalue weighted by Gasteiger charge is -2.02. The molecule has 0 unspecified atom stereocenters. The molecule has 0 fully saturated rings. The van der Waals surface area contributed by atoms with Crippen LogP contribution in [0.4, 0.5) is 0 Å². The minimum absolute atomic E-state index is 0.545. The maximum absolute atomic E-state index is 4.51. The number of allylic oxidation sites excluding steroid dienone is 2. The van der Waals surface area contributed by atoms with E-state index in [1.54, 1.807) is 42.6 Å². The number of pyridine rings is 1. The van der Waals surface area contributed by atoms with Crippen LogP contribution in [-0.4, -0.2) is 37.5 Å². The van der Waals surface area contributed by atoms with Crippen molar-refractivity contribution in [1.29, 1.82) is 0 Å². The zero-order chi connectivity index (χ0) is 18.1. The molecule has 0 aromatic carbocycles. The van der Waals surface area contributed by atoms with Crippen LogP contribution < -0.4 is 0 Å². The Morgan fingerprint density at radius 3 is 2.48 bits per heavy atom. The summed E-state index contributed by atoms with van der Waals surface area (Å²) in [5.41, 5.74) is 3.69. The van der Waals surface area contributed by atoms with Gasteiger partial charge in [0.15, 0.2) is 0 Å². The van der Waals surface area contributed by atoms with E-state index in [9.17, 15) is 0 Å². The van der Waals surface area contributed by atoms with E-state index in [-0.39, 0.29) is 0 Å². The van der Waals surface area contributed by atoms with Gasteiger partial charge >= 0.3 is 0 Å². The van der Waals surface area contributed by atoms with E-state index >= 15 is 0 Å². The molecule has 0 spiro atoms.